The Morgan fingerprint density at radius 3 is 2.56 bits per heavy atom. The minimum Gasteiger partial charge on any atom is -0.394 e. The standard InChI is InChI=1S/C40H45N3O5/c1-26(2)10-5-11-27(3)21-23-42-34-20-19-30(43-35-17-8-14-29-13-7-16-32(37(29)35)38(43)46)24-33(34)40(48,39(42)47)28(4)12-6-18-36(45)41-22-9-15-31(41)25-44/h6-8,10,12-14,16-17,19-21,24,28,31,44,48H,5,9,11,15,18,22-23,25H2,1-4H3/b12-6+,27-21+/t28-,31-,40+/m0/s1. The third kappa shape index (κ3) is 5.88. The van der Waals surface area contributed by atoms with Crippen LogP contribution in [-0.4, -0.2) is 58.6 Å². The number of carbonyl (C=O) groups excluding carboxylic acids is 3. The Hall–Kier alpha value is -4.53. The minimum absolute atomic E-state index is 0.0585. The van der Waals surface area contributed by atoms with Gasteiger partial charge in [-0.3, -0.25) is 19.3 Å². The van der Waals surface area contributed by atoms with Crippen LogP contribution in [0, 0.1) is 5.92 Å². The van der Waals surface area contributed by atoms with E-state index in [-0.39, 0.29) is 30.9 Å². The Balaban J connectivity index is 1.33. The van der Waals surface area contributed by atoms with E-state index in [0.717, 1.165) is 47.7 Å². The molecule has 8 nitrogen and oxygen atoms in total. The van der Waals surface area contributed by atoms with Crippen molar-refractivity contribution in [2.24, 2.45) is 5.92 Å². The number of aliphatic hydroxyl groups excluding tert-OH is 1. The molecule has 1 saturated heterocycles. The van der Waals surface area contributed by atoms with Crippen molar-refractivity contribution in [3.05, 3.63) is 101 Å². The van der Waals surface area contributed by atoms with Crippen LogP contribution in [0.5, 0.6) is 0 Å². The first-order chi connectivity index (χ1) is 23.1. The Bertz CT molecular complexity index is 1850. The van der Waals surface area contributed by atoms with E-state index in [9.17, 15) is 24.6 Å². The van der Waals surface area contributed by atoms with Crippen LogP contribution in [0.3, 0.4) is 0 Å². The lowest BCUT2D eigenvalue weighted by atomic mass is 9.82. The largest absolute Gasteiger partial charge is 0.394 e. The van der Waals surface area contributed by atoms with E-state index in [2.05, 4.69) is 26.8 Å². The summed E-state index contributed by atoms with van der Waals surface area (Å²) in [6, 6.07) is 16.8. The number of carbonyl (C=O) groups is 3. The van der Waals surface area contributed by atoms with Gasteiger partial charge in [0.15, 0.2) is 5.60 Å². The van der Waals surface area contributed by atoms with E-state index < -0.39 is 17.4 Å². The highest BCUT2D eigenvalue weighted by Gasteiger charge is 2.52. The lowest BCUT2D eigenvalue weighted by Crippen LogP contribution is -2.44. The zero-order valence-corrected chi connectivity index (χ0v) is 28.3. The van der Waals surface area contributed by atoms with Crippen molar-refractivity contribution >= 4 is 45.6 Å². The Kier molecular flexibility index (Phi) is 9.41. The van der Waals surface area contributed by atoms with Crippen molar-refractivity contribution < 1.29 is 24.6 Å². The van der Waals surface area contributed by atoms with Gasteiger partial charge < -0.3 is 20.0 Å². The molecule has 0 saturated carbocycles. The van der Waals surface area contributed by atoms with Crippen molar-refractivity contribution in [3.8, 4) is 0 Å². The first-order valence-corrected chi connectivity index (χ1v) is 17.0. The molecule has 0 aromatic heterocycles. The van der Waals surface area contributed by atoms with Gasteiger partial charge in [-0.15, -0.1) is 0 Å². The molecular formula is C40H45N3O5. The van der Waals surface area contributed by atoms with Crippen LogP contribution in [0.2, 0.25) is 0 Å². The monoisotopic (exact) mass is 647 g/mol. The number of allylic oxidation sites excluding steroid dienone is 3. The summed E-state index contributed by atoms with van der Waals surface area (Å²) in [6.07, 6.45) is 11.2. The quantitative estimate of drug-likeness (QED) is 0.220. The molecule has 250 valence electrons. The summed E-state index contributed by atoms with van der Waals surface area (Å²) >= 11 is 0. The average Bonchev–Trinajstić information content (AvgIpc) is 3.73. The van der Waals surface area contributed by atoms with E-state index in [4.69, 9.17) is 0 Å². The maximum Gasteiger partial charge on any atom is 0.264 e. The normalized spacial score (nSPS) is 21.2. The predicted molar refractivity (Wildman–Crippen MR) is 190 cm³/mol. The van der Waals surface area contributed by atoms with Crippen molar-refractivity contribution in [3.63, 3.8) is 0 Å². The fraction of sp³-hybridized carbons (Fsp3) is 0.375. The second-order valence-corrected chi connectivity index (χ2v) is 13.6. The molecule has 3 aromatic carbocycles. The SMILES string of the molecule is CC(C)=CCC/C(C)=C/CN1C(=O)[C@@](O)([C@@H](C)/C=C/CC(=O)N2CCC[C@H]2CO)c2cc(N3C(=O)c4cccc5cccc3c45)ccc21. The van der Waals surface area contributed by atoms with E-state index in [1.807, 2.05) is 54.6 Å². The van der Waals surface area contributed by atoms with Crippen LogP contribution in [0.25, 0.3) is 10.8 Å². The summed E-state index contributed by atoms with van der Waals surface area (Å²) < 4.78 is 0. The summed E-state index contributed by atoms with van der Waals surface area (Å²) in [7, 11) is 0. The average molecular weight is 648 g/mol. The highest BCUT2D eigenvalue weighted by molar-refractivity contribution is 6.28. The zero-order valence-electron chi connectivity index (χ0n) is 28.3. The van der Waals surface area contributed by atoms with E-state index in [1.54, 1.807) is 39.8 Å². The second kappa shape index (κ2) is 13.5. The maximum atomic E-state index is 14.3. The van der Waals surface area contributed by atoms with Gasteiger partial charge in [0.25, 0.3) is 11.8 Å². The van der Waals surface area contributed by atoms with Gasteiger partial charge >= 0.3 is 0 Å². The van der Waals surface area contributed by atoms with Crippen molar-refractivity contribution in [1.82, 2.24) is 4.90 Å². The fourth-order valence-corrected chi connectivity index (χ4v) is 7.35. The maximum absolute atomic E-state index is 14.3. The molecule has 0 unspecified atom stereocenters. The predicted octanol–water partition coefficient (Wildman–Crippen LogP) is 6.92. The molecule has 8 heteroatoms. The van der Waals surface area contributed by atoms with E-state index >= 15 is 0 Å². The molecule has 3 aromatic rings. The van der Waals surface area contributed by atoms with E-state index in [0.29, 0.717) is 35.6 Å². The summed E-state index contributed by atoms with van der Waals surface area (Å²) in [5.41, 5.74) is 3.48. The number of hydrogen-bond acceptors (Lipinski definition) is 5. The first kappa shape index (κ1) is 33.4. The fourth-order valence-electron chi connectivity index (χ4n) is 7.35. The van der Waals surface area contributed by atoms with Gasteiger partial charge in [0.2, 0.25) is 5.91 Å². The van der Waals surface area contributed by atoms with Gasteiger partial charge in [-0.05, 0) is 82.2 Å². The van der Waals surface area contributed by atoms with Gasteiger partial charge in [-0.2, -0.15) is 0 Å². The van der Waals surface area contributed by atoms with Gasteiger partial charge in [0, 0.05) is 42.1 Å². The third-order valence-electron chi connectivity index (χ3n) is 10.1. The third-order valence-corrected chi connectivity index (χ3v) is 10.1. The Labute approximate surface area is 282 Å². The number of anilines is 3. The van der Waals surface area contributed by atoms with E-state index in [1.165, 1.54) is 5.57 Å². The highest BCUT2D eigenvalue weighted by atomic mass is 16.3. The second-order valence-electron chi connectivity index (χ2n) is 13.6. The number of rotatable bonds is 11. The number of aliphatic hydroxyl groups is 2. The number of likely N-dealkylation sites (tertiary alicyclic amines) is 1. The summed E-state index contributed by atoms with van der Waals surface area (Å²) in [6.45, 7) is 8.85. The first-order valence-electron chi connectivity index (χ1n) is 17.0. The van der Waals surface area contributed by atoms with Gasteiger partial charge in [-0.1, -0.05) is 66.6 Å². The molecule has 3 aliphatic rings. The molecule has 3 amide bonds. The molecule has 1 fully saturated rings. The van der Waals surface area contributed by atoms with Crippen LogP contribution in [0.15, 0.2) is 90.0 Å². The lowest BCUT2D eigenvalue weighted by Gasteiger charge is -2.28. The minimum atomic E-state index is -1.92. The zero-order chi connectivity index (χ0) is 34.2. The number of amides is 3. The molecule has 0 bridgehead atoms. The van der Waals surface area contributed by atoms with Gasteiger partial charge in [0.1, 0.15) is 0 Å². The molecule has 3 heterocycles. The molecule has 0 radical (unpaired) electrons. The van der Waals surface area contributed by atoms with Gasteiger partial charge in [0.05, 0.1) is 29.6 Å². The summed E-state index contributed by atoms with van der Waals surface area (Å²) in [4.78, 5) is 46.0. The lowest BCUT2D eigenvalue weighted by molar-refractivity contribution is -0.139. The number of fused-ring (bicyclic) bond motifs is 1. The Morgan fingerprint density at radius 1 is 1.04 bits per heavy atom. The van der Waals surface area contributed by atoms with Crippen molar-refractivity contribution in [1.29, 1.82) is 0 Å². The van der Waals surface area contributed by atoms with Crippen molar-refractivity contribution in [2.45, 2.75) is 71.4 Å². The highest BCUT2D eigenvalue weighted by Crippen LogP contribution is 2.49. The smallest absolute Gasteiger partial charge is 0.264 e. The van der Waals surface area contributed by atoms with Crippen LogP contribution in [-0.2, 0) is 15.2 Å². The topological polar surface area (TPSA) is 101 Å². The molecule has 0 spiro atoms. The molecule has 3 aliphatic heterocycles. The number of benzene rings is 3. The van der Waals surface area contributed by atoms with Crippen LogP contribution in [0.1, 0.15) is 75.7 Å². The Morgan fingerprint density at radius 2 is 1.81 bits per heavy atom. The van der Waals surface area contributed by atoms with Crippen LogP contribution < -0.4 is 9.80 Å². The van der Waals surface area contributed by atoms with Crippen LogP contribution >= 0.6 is 0 Å². The molecule has 3 atom stereocenters. The number of hydrogen-bond donors (Lipinski definition) is 2. The summed E-state index contributed by atoms with van der Waals surface area (Å²) in [5, 5.41) is 23.9. The van der Waals surface area contributed by atoms with Crippen LogP contribution in [0.4, 0.5) is 17.1 Å². The molecule has 6 rings (SSSR count). The summed E-state index contributed by atoms with van der Waals surface area (Å²) in [5.74, 6) is -1.36. The molecular weight excluding hydrogens is 602 g/mol. The molecule has 0 aliphatic carbocycles. The van der Waals surface area contributed by atoms with Gasteiger partial charge in [-0.25, -0.2) is 0 Å². The number of nitrogens with zero attached hydrogens (tertiary/aromatic N) is 3. The molecule has 2 N–H and O–H groups in total. The molecule has 48 heavy (non-hydrogen) atoms. The van der Waals surface area contributed by atoms with Crippen molar-refractivity contribution in [2.75, 3.05) is 29.5 Å².